The molecule has 1 amide bonds. The minimum absolute atomic E-state index is 0.0626. The van der Waals surface area contributed by atoms with Gasteiger partial charge in [-0.05, 0) is 31.2 Å². The number of carbonyl (C=O) groups excluding carboxylic acids is 1. The molecule has 22 heavy (non-hydrogen) atoms. The first-order chi connectivity index (χ1) is 10.4. The molecule has 0 fully saturated rings. The number of anilines is 1. The predicted octanol–water partition coefficient (Wildman–Crippen LogP) is 0.772. The molecular weight excluding hydrogens is 328 g/mol. The van der Waals surface area contributed by atoms with Gasteiger partial charge in [-0.15, -0.1) is 10.2 Å². The van der Waals surface area contributed by atoms with Crippen LogP contribution in [-0.4, -0.2) is 38.2 Å². The van der Waals surface area contributed by atoms with E-state index < -0.39 is 10.0 Å². The molecule has 0 aliphatic heterocycles. The van der Waals surface area contributed by atoms with E-state index in [9.17, 15) is 13.2 Å². The van der Waals surface area contributed by atoms with E-state index in [1.807, 2.05) is 0 Å². The van der Waals surface area contributed by atoms with Crippen LogP contribution in [-0.2, 0) is 14.8 Å². The molecule has 0 unspecified atom stereocenters. The van der Waals surface area contributed by atoms with Crippen molar-refractivity contribution in [3.05, 3.63) is 29.3 Å². The molecule has 0 saturated carbocycles. The highest BCUT2D eigenvalue weighted by molar-refractivity contribution is 7.93. The minimum Gasteiger partial charge on any atom is -0.484 e. The molecule has 1 aromatic heterocycles. The second-order valence-corrected chi connectivity index (χ2v) is 7.03. The third-order valence-corrected chi connectivity index (χ3v) is 4.77. The Morgan fingerprint density at radius 3 is 2.50 bits per heavy atom. The number of nitrogens with one attached hydrogen (secondary N) is 2. The number of hydrogen-bond donors (Lipinski definition) is 2. The average Bonchev–Trinajstić information content (AvgIpc) is 2.89. The molecule has 0 saturated heterocycles. The molecule has 2 N–H and O–H groups in total. The lowest BCUT2D eigenvalue weighted by molar-refractivity contribution is -0.122. The van der Waals surface area contributed by atoms with Gasteiger partial charge in [0.2, 0.25) is 5.13 Å². The second kappa shape index (κ2) is 6.71. The molecule has 0 atom stereocenters. The summed E-state index contributed by atoms with van der Waals surface area (Å²) in [7, 11) is -2.23. The zero-order valence-corrected chi connectivity index (χ0v) is 13.5. The van der Waals surface area contributed by atoms with Crippen LogP contribution in [0.5, 0.6) is 5.75 Å². The van der Waals surface area contributed by atoms with Crippen molar-refractivity contribution in [3.8, 4) is 5.75 Å². The zero-order chi connectivity index (χ0) is 16.2. The fourth-order valence-electron chi connectivity index (χ4n) is 1.45. The number of rotatable bonds is 6. The monoisotopic (exact) mass is 342 g/mol. The third-order valence-electron chi connectivity index (χ3n) is 2.53. The van der Waals surface area contributed by atoms with Crippen LogP contribution in [0.4, 0.5) is 5.13 Å². The quantitative estimate of drug-likeness (QED) is 0.802. The van der Waals surface area contributed by atoms with Gasteiger partial charge in [0.1, 0.15) is 10.8 Å². The lowest BCUT2D eigenvalue weighted by Crippen LogP contribution is -2.24. The molecule has 0 spiro atoms. The maximum Gasteiger partial charge on any atom is 0.263 e. The normalized spacial score (nSPS) is 11.0. The standard InChI is InChI=1S/C12H14N4O4S2/c1-8-14-15-12(21-8)16-22(18,19)10-5-3-9(4-6-10)20-7-11(17)13-2/h3-6H,7H2,1-2H3,(H,13,17)(H,15,16). The maximum atomic E-state index is 12.2. The molecule has 0 aliphatic carbocycles. The van der Waals surface area contributed by atoms with E-state index in [0.29, 0.717) is 10.8 Å². The molecular formula is C12H14N4O4S2. The van der Waals surface area contributed by atoms with Crippen molar-refractivity contribution in [2.24, 2.45) is 0 Å². The number of aromatic nitrogens is 2. The fourth-order valence-corrected chi connectivity index (χ4v) is 3.27. The van der Waals surface area contributed by atoms with Gasteiger partial charge in [0.25, 0.3) is 15.9 Å². The number of likely N-dealkylation sites (N-methyl/N-ethyl adjacent to an activating group) is 1. The van der Waals surface area contributed by atoms with Gasteiger partial charge in [-0.3, -0.25) is 9.52 Å². The van der Waals surface area contributed by atoms with Gasteiger partial charge in [-0.25, -0.2) is 8.42 Å². The van der Waals surface area contributed by atoms with Crippen LogP contribution in [0.15, 0.2) is 29.2 Å². The molecule has 2 rings (SSSR count). The average molecular weight is 342 g/mol. The van der Waals surface area contributed by atoms with Gasteiger partial charge in [-0.1, -0.05) is 11.3 Å². The third kappa shape index (κ3) is 4.15. The predicted molar refractivity (Wildman–Crippen MR) is 81.5 cm³/mol. The number of carbonyl (C=O) groups is 1. The van der Waals surface area contributed by atoms with Gasteiger partial charge in [0.05, 0.1) is 4.90 Å². The minimum atomic E-state index is -3.73. The number of ether oxygens (including phenoxy) is 1. The summed E-state index contributed by atoms with van der Waals surface area (Å²) in [5, 5.41) is 10.7. The Morgan fingerprint density at radius 1 is 1.27 bits per heavy atom. The van der Waals surface area contributed by atoms with Gasteiger partial charge in [0.15, 0.2) is 6.61 Å². The van der Waals surface area contributed by atoms with Crippen LogP contribution >= 0.6 is 11.3 Å². The van der Waals surface area contributed by atoms with Crippen molar-refractivity contribution in [1.29, 1.82) is 0 Å². The van der Waals surface area contributed by atoms with Crippen LogP contribution in [0.3, 0.4) is 0 Å². The molecule has 118 valence electrons. The second-order valence-electron chi connectivity index (χ2n) is 4.16. The molecule has 0 radical (unpaired) electrons. The number of amides is 1. The van der Waals surface area contributed by atoms with Gasteiger partial charge in [-0.2, -0.15) is 0 Å². The Hall–Kier alpha value is -2.20. The lowest BCUT2D eigenvalue weighted by atomic mass is 10.3. The largest absolute Gasteiger partial charge is 0.484 e. The van der Waals surface area contributed by atoms with Gasteiger partial charge < -0.3 is 10.1 Å². The van der Waals surface area contributed by atoms with Crippen LogP contribution in [0.2, 0.25) is 0 Å². The lowest BCUT2D eigenvalue weighted by Gasteiger charge is -2.07. The zero-order valence-electron chi connectivity index (χ0n) is 11.9. The molecule has 8 nitrogen and oxygen atoms in total. The van der Waals surface area contributed by atoms with Crippen LogP contribution in [0, 0.1) is 6.92 Å². The highest BCUT2D eigenvalue weighted by Gasteiger charge is 2.16. The van der Waals surface area contributed by atoms with E-state index >= 15 is 0 Å². The number of nitrogens with zero attached hydrogens (tertiary/aromatic N) is 2. The van der Waals surface area contributed by atoms with E-state index in [1.54, 1.807) is 6.92 Å². The molecule has 0 aliphatic rings. The first kappa shape index (κ1) is 16.2. The Bertz CT molecular complexity index is 756. The molecule has 1 aromatic carbocycles. The van der Waals surface area contributed by atoms with Crippen molar-refractivity contribution in [2.45, 2.75) is 11.8 Å². The maximum absolute atomic E-state index is 12.2. The first-order valence-corrected chi connectivity index (χ1v) is 8.47. The summed E-state index contributed by atoms with van der Waals surface area (Å²) >= 11 is 1.14. The van der Waals surface area contributed by atoms with E-state index in [2.05, 4.69) is 20.2 Å². The smallest absolute Gasteiger partial charge is 0.263 e. The molecule has 0 bridgehead atoms. The van der Waals surface area contributed by atoms with Crippen molar-refractivity contribution >= 4 is 32.4 Å². The Labute approximate surface area is 131 Å². The number of hydrogen-bond acceptors (Lipinski definition) is 7. The fraction of sp³-hybridized carbons (Fsp3) is 0.250. The van der Waals surface area contributed by atoms with E-state index in [0.717, 1.165) is 11.3 Å². The van der Waals surface area contributed by atoms with E-state index in [-0.39, 0.29) is 22.5 Å². The van der Waals surface area contributed by atoms with E-state index in [1.165, 1.54) is 31.3 Å². The molecule has 1 heterocycles. The van der Waals surface area contributed by atoms with Gasteiger partial charge in [0, 0.05) is 7.05 Å². The molecule has 10 heteroatoms. The van der Waals surface area contributed by atoms with E-state index in [4.69, 9.17) is 4.74 Å². The van der Waals surface area contributed by atoms with Crippen LogP contribution < -0.4 is 14.8 Å². The summed E-state index contributed by atoms with van der Waals surface area (Å²) in [6, 6.07) is 5.72. The molecule has 2 aromatic rings. The SMILES string of the molecule is CNC(=O)COc1ccc(S(=O)(=O)Nc2nnc(C)s2)cc1. The Morgan fingerprint density at radius 2 is 1.95 bits per heavy atom. The van der Waals surface area contributed by atoms with Crippen molar-refractivity contribution < 1.29 is 17.9 Å². The summed E-state index contributed by atoms with van der Waals surface area (Å²) < 4.78 is 31.9. The number of sulfonamides is 1. The van der Waals surface area contributed by atoms with Crippen molar-refractivity contribution in [1.82, 2.24) is 15.5 Å². The van der Waals surface area contributed by atoms with Crippen LogP contribution in [0.1, 0.15) is 5.01 Å². The summed E-state index contributed by atoms with van der Waals surface area (Å²) in [5.41, 5.74) is 0. The topological polar surface area (TPSA) is 110 Å². The summed E-state index contributed by atoms with van der Waals surface area (Å²) in [5.74, 6) is 0.124. The number of aryl methyl sites for hydroxylation is 1. The Balaban J connectivity index is 2.07. The highest BCUT2D eigenvalue weighted by Crippen LogP contribution is 2.21. The van der Waals surface area contributed by atoms with Crippen LogP contribution in [0.25, 0.3) is 0 Å². The summed E-state index contributed by atoms with van der Waals surface area (Å²) in [6.45, 7) is 1.60. The summed E-state index contributed by atoms with van der Waals surface area (Å²) in [6.07, 6.45) is 0. The van der Waals surface area contributed by atoms with Crippen molar-refractivity contribution in [2.75, 3.05) is 18.4 Å². The first-order valence-electron chi connectivity index (χ1n) is 6.17. The van der Waals surface area contributed by atoms with Crippen molar-refractivity contribution in [3.63, 3.8) is 0 Å². The summed E-state index contributed by atoms with van der Waals surface area (Å²) in [4.78, 5) is 11.1. The number of benzene rings is 1. The van der Waals surface area contributed by atoms with Gasteiger partial charge >= 0.3 is 0 Å². The Kier molecular flexibility index (Phi) is 4.93. The highest BCUT2D eigenvalue weighted by atomic mass is 32.2.